The molecule has 0 amide bonds. The van der Waals surface area contributed by atoms with Crippen LogP contribution < -0.4 is 5.62 Å². The molecule has 0 saturated carbocycles. The van der Waals surface area contributed by atoms with Crippen molar-refractivity contribution in [2.24, 2.45) is 15.4 Å². The van der Waals surface area contributed by atoms with E-state index in [9.17, 15) is 0 Å². The highest BCUT2D eigenvalue weighted by atomic mass is 32.2. The van der Waals surface area contributed by atoms with Gasteiger partial charge < -0.3 is 4.74 Å². The van der Waals surface area contributed by atoms with Crippen LogP contribution in [-0.4, -0.2) is 27.1 Å². The molecule has 1 aliphatic rings. The molecule has 6 nitrogen and oxygen atoms in total. The first-order valence-electron chi connectivity index (χ1n) is 6.37. The zero-order valence-corrected chi connectivity index (χ0v) is 13.3. The van der Waals surface area contributed by atoms with Crippen molar-refractivity contribution in [3.8, 4) is 0 Å². The molecular weight excluding hydrogens is 306 g/mol. The van der Waals surface area contributed by atoms with Crippen molar-refractivity contribution in [3.05, 3.63) is 47.8 Å². The van der Waals surface area contributed by atoms with Gasteiger partial charge in [0.2, 0.25) is 0 Å². The summed E-state index contributed by atoms with van der Waals surface area (Å²) in [4.78, 5) is 0. The average molecular weight is 321 g/mol. The first kappa shape index (κ1) is 14.4. The lowest BCUT2D eigenvalue weighted by Crippen LogP contribution is -2.18. The minimum atomic E-state index is 0.270. The van der Waals surface area contributed by atoms with Gasteiger partial charge in [-0.05, 0) is 46.8 Å². The summed E-state index contributed by atoms with van der Waals surface area (Å²) < 4.78 is 9.10. The molecule has 1 aliphatic heterocycles. The molecule has 3 rings (SSSR count). The Balaban J connectivity index is 1.79. The second kappa shape index (κ2) is 6.50. The minimum Gasteiger partial charge on any atom is -0.368 e. The molecular formula is C13H15N5OS2. The Morgan fingerprint density at radius 2 is 1.71 bits per heavy atom. The number of aromatic nitrogens is 2. The average Bonchev–Trinajstić information content (AvgIpc) is 3.29. The molecule has 1 saturated heterocycles. The maximum atomic E-state index is 5.23. The fraction of sp³-hybridized carbons (Fsp3) is 0.308. The van der Waals surface area contributed by atoms with Crippen molar-refractivity contribution in [1.82, 2.24) is 7.94 Å². The normalized spacial score (nSPS) is 17.3. The van der Waals surface area contributed by atoms with E-state index < -0.39 is 0 Å². The number of hydrogen-bond acceptors (Lipinski definition) is 5. The van der Waals surface area contributed by atoms with Gasteiger partial charge in [-0.3, -0.25) is 7.94 Å². The Kier molecular flexibility index (Phi) is 4.47. The first-order valence-corrected chi connectivity index (χ1v) is 8.73. The molecule has 8 heteroatoms. The van der Waals surface area contributed by atoms with E-state index in [0.29, 0.717) is 0 Å². The van der Waals surface area contributed by atoms with Crippen molar-refractivity contribution in [2.45, 2.75) is 6.10 Å². The Labute approximate surface area is 131 Å². The van der Waals surface area contributed by atoms with Gasteiger partial charge in [-0.25, -0.2) is 0 Å². The largest absolute Gasteiger partial charge is 0.368 e. The molecule has 110 valence electrons. The van der Waals surface area contributed by atoms with Gasteiger partial charge in [0.1, 0.15) is 6.10 Å². The molecule has 0 N–H and O–H groups in total. The SMILES string of the molecule is CSn1ccn(SC)c1=NN=Nc1ccc(C2CO2)cc1. The summed E-state index contributed by atoms with van der Waals surface area (Å²) >= 11 is 3.13. The minimum absolute atomic E-state index is 0.270. The molecule has 1 aromatic carbocycles. The van der Waals surface area contributed by atoms with E-state index in [1.807, 2.05) is 57.1 Å². The van der Waals surface area contributed by atoms with E-state index in [-0.39, 0.29) is 6.10 Å². The third-order valence-electron chi connectivity index (χ3n) is 3.02. The van der Waals surface area contributed by atoms with Gasteiger partial charge in [-0.1, -0.05) is 17.2 Å². The van der Waals surface area contributed by atoms with Gasteiger partial charge in [0.05, 0.1) is 12.3 Å². The predicted molar refractivity (Wildman–Crippen MR) is 85.5 cm³/mol. The lowest BCUT2D eigenvalue weighted by Gasteiger charge is -1.97. The third-order valence-corrected chi connectivity index (χ3v) is 4.37. The lowest BCUT2D eigenvalue weighted by atomic mass is 10.1. The number of rotatable bonds is 5. The molecule has 1 atom stereocenters. The Hall–Kier alpha value is -1.51. The van der Waals surface area contributed by atoms with Crippen molar-refractivity contribution in [2.75, 3.05) is 19.1 Å². The summed E-state index contributed by atoms with van der Waals surface area (Å²) in [5.41, 5.74) is 2.70. The second-order valence-electron chi connectivity index (χ2n) is 4.32. The quantitative estimate of drug-likeness (QED) is 0.483. The van der Waals surface area contributed by atoms with E-state index in [2.05, 4.69) is 15.4 Å². The van der Waals surface area contributed by atoms with Crippen LogP contribution in [0, 0.1) is 0 Å². The van der Waals surface area contributed by atoms with Crippen LogP contribution in [0.5, 0.6) is 0 Å². The topological polar surface area (TPSA) is 59.5 Å². The molecule has 1 aromatic heterocycles. The predicted octanol–water partition coefficient (Wildman–Crippen LogP) is 3.21. The molecule has 1 unspecified atom stereocenters. The van der Waals surface area contributed by atoms with Gasteiger partial charge in [-0.2, -0.15) is 0 Å². The van der Waals surface area contributed by atoms with E-state index >= 15 is 0 Å². The van der Waals surface area contributed by atoms with E-state index in [0.717, 1.165) is 17.9 Å². The highest BCUT2D eigenvalue weighted by molar-refractivity contribution is 7.97. The Morgan fingerprint density at radius 3 is 2.24 bits per heavy atom. The monoisotopic (exact) mass is 321 g/mol. The van der Waals surface area contributed by atoms with E-state index in [1.54, 1.807) is 23.9 Å². The number of nitrogens with zero attached hydrogens (tertiary/aromatic N) is 5. The van der Waals surface area contributed by atoms with Gasteiger partial charge >= 0.3 is 0 Å². The van der Waals surface area contributed by atoms with E-state index in [1.165, 1.54) is 5.56 Å². The summed E-state index contributed by atoms with van der Waals surface area (Å²) in [5.74, 6) is 0. The molecule has 0 radical (unpaired) electrons. The zero-order chi connectivity index (χ0) is 14.7. The summed E-state index contributed by atoms with van der Waals surface area (Å²) in [6.07, 6.45) is 8.13. The number of ether oxygens (including phenoxy) is 1. The molecule has 0 spiro atoms. The molecule has 2 heterocycles. The summed E-state index contributed by atoms with van der Waals surface area (Å²) in [5, 5.41) is 12.3. The van der Waals surface area contributed by atoms with Crippen LogP contribution in [0.25, 0.3) is 0 Å². The second-order valence-corrected chi connectivity index (χ2v) is 5.83. The van der Waals surface area contributed by atoms with Crippen LogP contribution in [0.2, 0.25) is 0 Å². The Morgan fingerprint density at radius 1 is 1.10 bits per heavy atom. The molecule has 21 heavy (non-hydrogen) atoms. The van der Waals surface area contributed by atoms with Crippen LogP contribution in [0.15, 0.2) is 52.1 Å². The summed E-state index contributed by atoms with van der Waals surface area (Å²) in [6, 6.07) is 7.87. The van der Waals surface area contributed by atoms with Crippen LogP contribution >= 0.6 is 23.9 Å². The van der Waals surface area contributed by atoms with Gasteiger partial charge in [0, 0.05) is 24.9 Å². The van der Waals surface area contributed by atoms with Crippen molar-refractivity contribution < 1.29 is 4.74 Å². The van der Waals surface area contributed by atoms with Gasteiger partial charge in [-0.15, -0.1) is 5.11 Å². The molecule has 2 aromatic rings. The van der Waals surface area contributed by atoms with Gasteiger partial charge in [0.15, 0.2) is 0 Å². The third kappa shape index (κ3) is 3.39. The highest BCUT2D eigenvalue weighted by Gasteiger charge is 2.24. The van der Waals surface area contributed by atoms with Crippen molar-refractivity contribution in [3.63, 3.8) is 0 Å². The van der Waals surface area contributed by atoms with Gasteiger partial charge in [0.25, 0.3) is 5.62 Å². The highest BCUT2D eigenvalue weighted by Crippen LogP contribution is 2.30. The number of hydrogen-bond donors (Lipinski definition) is 0. The fourth-order valence-electron chi connectivity index (χ4n) is 1.83. The smallest absolute Gasteiger partial charge is 0.252 e. The lowest BCUT2D eigenvalue weighted by molar-refractivity contribution is 0.415. The molecule has 0 aliphatic carbocycles. The zero-order valence-electron chi connectivity index (χ0n) is 11.7. The Bertz CT molecular complexity index is 676. The molecule has 1 fully saturated rings. The summed E-state index contributed by atoms with van der Waals surface area (Å²) in [6.45, 7) is 0.816. The van der Waals surface area contributed by atoms with Crippen LogP contribution in [0.4, 0.5) is 5.69 Å². The van der Waals surface area contributed by atoms with Crippen LogP contribution in [-0.2, 0) is 4.74 Å². The standard InChI is InChI=1S/C13H15N5OS2/c1-20-17-7-8-18(21-2)13(17)15-16-14-11-5-3-10(4-6-11)12-9-19-12/h3-8,12H,9H2,1-2H3. The number of imidazole rings is 1. The maximum Gasteiger partial charge on any atom is 0.252 e. The molecule has 0 bridgehead atoms. The maximum absolute atomic E-state index is 5.23. The van der Waals surface area contributed by atoms with Crippen molar-refractivity contribution >= 4 is 29.6 Å². The number of epoxide rings is 1. The summed E-state index contributed by atoms with van der Waals surface area (Å²) in [7, 11) is 0. The van der Waals surface area contributed by atoms with E-state index in [4.69, 9.17) is 4.74 Å². The van der Waals surface area contributed by atoms with Crippen molar-refractivity contribution in [1.29, 1.82) is 0 Å². The first-order chi connectivity index (χ1) is 10.3. The van der Waals surface area contributed by atoms with Crippen LogP contribution in [0.1, 0.15) is 11.7 Å². The fourth-order valence-corrected chi connectivity index (χ4v) is 2.81. The number of benzene rings is 1. The van der Waals surface area contributed by atoms with Crippen LogP contribution in [0.3, 0.4) is 0 Å².